The van der Waals surface area contributed by atoms with Crippen LogP contribution in [0.15, 0.2) is 89.5 Å². The molecule has 0 spiro atoms. The molecule has 6 rings (SSSR count). The fourth-order valence-corrected chi connectivity index (χ4v) is 4.92. The second-order valence-electron chi connectivity index (χ2n) is 10.0. The Morgan fingerprint density at radius 3 is 2.58 bits per heavy atom. The molecule has 3 aromatic carbocycles. The van der Waals surface area contributed by atoms with Crippen LogP contribution >= 0.6 is 0 Å². The molecular weight excluding hydrogens is 506 g/mol. The smallest absolute Gasteiger partial charge is 0.238 e. The number of β-amino-alcohol motifs (C(OH)–C–C–N with tert-alkyl or cyclic N) is 1. The molecule has 1 atom stereocenters. The lowest BCUT2D eigenvalue weighted by atomic mass is 10.2. The van der Waals surface area contributed by atoms with Crippen LogP contribution in [-0.2, 0) is 4.79 Å². The molecule has 0 saturated carbocycles. The molecule has 9 heteroatoms. The first kappa shape index (κ1) is 25.9. The summed E-state index contributed by atoms with van der Waals surface area (Å²) < 4.78 is 11.7. The molecule has 1 aliphatic rings. The van der Waals surface area contributed by atoms with E-state index >= 15 is 0 Å². The van der Waals surface area contributed by atoms with E-state index in [0.29, 0.717) is 41.5 Å². The third-order valence-corrected chi connectivity index (χ3v) is 7.00. The molecule has 0 bridgehead atoms. The van der Waals surface area contributed by atoms with Crippen LogP contribution in [0, 0.1) is 0 Å². The molecule has 1 saturated heterocycles. The number of oxazole rings is 1. The summed E-state index contributed by atoms with van der Waals surface area (Å²) >= 11 is 0. The minimum atomic E-state index is -0.636. The van der Waals surface area contributed by atoms with Crippen molar-refractivity contribution in [3.8, 4) is 17.2 Å². The van der Waals surface area contributed by atoms with Crippen LogP contribution in [-0.4, -0.2) is 82.8 Å². The summed E-state index contributed by atoms with van der Waals surface area (Å²) in [7, 11) is 0. The number of aliphatic hydroxyl groups is 1. The molecule has 1 fully saturated rings. The number of hydrogen-bond acceptors (Lipinski definition) is 8. The molecule has 1 aliphatic heterocycles. The molecule has 5 aromatic rings. The number of hydrogen-bond donors (Lipinski definition) is 2. The lowest BCUT2D eigenvalue weighted by Crippen LogP contribution is -2.50. The molecule has 2 N–H and O–H groups in total. The Morgan fingerprint density at radius 2 is 1.73 bits per heavy atom. The zero-order chi connectivity index (χ0) is 27.3. The summed E-state index contributed by atoms with van der Waals surface area (Å²) in [5.74, 6) is 1.14. The van der Waals surface area contributed by atoms with E-state index in [1.807, 2.05) is 78.9 Å². The van der Waals surface area contributed by atoms with E-state index in [9.17, 15) is 9.90 Å². The summed E-state index contributed by atoms with van der Waals surface area (Å²) in [6.07, 6.45) is 1.05. The number of ether oxygens (including phenoxy) is 1. The Morgan fingerprint density at radius 1 is 0.950 bits per heavy atom. The van der Waals surface area contributed by atoms with E-state index < -0.39 is 6.10 Å². The number of nitrogens with zero attached hydrogens (tertiary/aromatic N) is 4. The quantitative estimate of drug-likeness (QED) is 0.290. The minimum Gasteiger partial charge on any atom is -0.491 e. The number of rotatable bonds is 9. The summed E-state index contributed by atoms with van der Waals surface area (Å²) in [4.78, 5) is 25.9. The van der Waals surface area contributed by atoms with Gasteiger partial charge in [-0.3, -0.25) is 19.6 Å². The number of amides is 1. The van der Waals surface area contributed by atoms with Crippen molar-refractivity contribution >= 4 is 33.6 Å². The number of pyridine rings is 1. The van der Waals surface area contributed by atoms with Gasteiger partial charge in [0.05, 0.1) is 23.9 Å². The van der Waals surface area contributed by atoms with Crippen molar-refractivity contribution < 1.29 is 19.1 Å². The van der Waals surface area contributed by atoms with Crippen molar-refractivity contribution in [2.24, 2.45) is 0 Å². The highest BCUT2D eigenvalue weighted by Gasteiger charge is 2.21. The van der Waals surface area contributed by atoms with Crippen molar-refractivity contribution in [1.82, 2.24) is 19.8 Å². The van der Waals surface area contributed by atoms with Crippen molar-refractivity contribution in [1.29, 1.82) is 0 Å². The van der Waals surface area contributed by atoms with Gasteiger partial charge < -0.3 is 19.6 Å². The molecule has 0 radical (unpaired) electrons. The number of nitrogens with one attached hydrogen (secondary N) is 1. The van der Waals surface area contributed by atoms with Gasteiger partial charge in [-0.15, -0.1) is 0 Å². The normalized spacial score (nSPS) is 15.3. The molecule has 0 aliphatic carbocycles. The fourth-order valence-electron chi connectivity index (χ4n) is 4.92. The number of carbonyl (C=O) groups is 1. The number of aromatic nitrogens is 2. The van der Waals surface area contributed by atoms with Crippen molar-refractivity contribution in [3.63, 3.8) is 0 Å². The van der Waals surface area contributed by atoms with Gasteiger partial charge in [0.25, 0.3) is 0 Å². The largest absolute Gasteiger partial charge is 0.491 e. The molecule has 2 aromatic heterocycles. The topological polar surface area (TPSA) is 104 Å². The average molecular weight is 538 g/mol. The van der Waals surface area contributed by atoms with E-state index in [2.05, 4.69) is 25.1 Å². The maximum atomic E-state index is 12.6. The second kappa shape index (κ2) is 11.8. The first-order valence-corrected chi connectivity index (χ1v) is 13.5. The molecule has 1 unspecified atom stereocenters. The summed E-state index contributed by atoms with van der Waals surface area (Å²) in [6.45, 7) is 4.06. The van der Waals surface area contributed by atoms with Gasteiger partial charge in [0.2, 0.25) is 11.8 Å². The van der Waals surface area contributed by atoms with Gasteiger partial charge in [0.1, 0.15) is 24.0 Å². The first-order chi connectivity index (χ1) is 19.6. The predicted molar refractivity (Wildman–Crippen MR) is 154 cm³/mol. The predicted octanol–water partition coefficient (Wildman–Crippen LogP) is 4.04. The standard InChI is InChI=1S/C31H31N5O4/c37-25(21-39-26-10-11-29-28(17-26)34-31(40-29)22-6-2-1-3-7-22)19-35-12-14-36(15-13-35)20-30(38)33-24-16-23-8-4-5-9-27(23)32-18-24/h1-11,16-18,25,37H,12-15,19-21H2,(H,33,38). The van der Waals surface area contributed by atoms with Gasteiger partial charge in [0.15, 0.2) is 5.58 Å². The number of para-hydroxylation sites is 1. The molecule has 1 amide bonds. The SMILES string of the molecule is O=C(CN1CCN(CC(O)COc2ccc3oc(-c4ccccc4)nc3c2)CC1)Nc1cnc2ccccc2c1. The zero-order valence-corrected chi connectivity index (χ0v) is 22.1. The second-order valence-corrected chi connectivity index (χ2v) is 10.0. The van der Waals surface area contributed by atoms with Crippen LogP contribution in [0.3, 0.4) is 0 Å². The Hall–Kier alpha value is -4.31. The Labute approximate surface area is 232 Å². The number of piperazine rings is 1. The van der Waals surface area contributed by atoms with Gasteiger partial charge in [-0.1, -0.05) is 36.4 Å². The van der Waals surface area contributed by atoms with Crippen LogP contribution in [0.25, 0.3) is 33.5 Å². The monoisotopic (exact) mass is 537 g/mol. The third kappa shape index (κ3) is 6.28. The van der Waals surface area contributed by atoms with E-state index in [0.717, 1.165) is 42.6 Å². The van der Waals surface area contributed by atoms with Gasteiger partial charge in [0, 0.05) is 49.7 Å². The number of aliphatic hydroxyl groups excluding tert-OH is 1. The van der Waals surface area contributed by atoms with Crippen LogP contribution in [0.2, 0.25) is 0 Å². The van der Waals surface area contributed by atoms with Gasteiger partial charge >= 0.3 is 0 Å². The van der Waals surface area contributed by atoms with Crippen molar-refractivity contribution in [2.75, 3.05) is 51.2 Å². The van der Waals surface area contributed by atoms with E-state index in [-0.39, 0.29) is 12.5 Å². The van der Waals surface area contributed by atoms with Crippen LogP contribution in [0.1, 0.15) is 0 Å². The Bertz CT molecular complexity index is 1600. The number of benzene rings is 3. The van der Waals surface area contributed by atoms with Gasteiger partial charge in [-0.05, 0) is 36.4 Å². The summed E-state index contributed by atoms with van der Waals surface area (Å²) in [5, 5.41) is 14.5. The maximum Gasteiger partial charge on any atom is 0.238 e. The third-order valence-electron chi connectivity index (χ3n) is 7.00. The van der Waals surface area contributed by atoms with Gasteiger partial charge in [-0.2, -0.15) is 0 Å². The summed E-state index contributed by atoms with van der Waals surface area (Å²) in [6, 6.07) is 25.0. The fraction of sp³-hybridized carbons (Fsp3) is 0.258. The average Bonchev–Trinajstić information content (AvgIpc) is 3.41. The van der Waals surface area contributed by atoms with Crippen LogP contribution in [0.5, 0.6) is 5.75 Å². The highest BCUT2D eigenvalue weighted by Crippen LogP contribution is 2.27. The highest BCUT2D eigenvalue weighted by molar-refractivity contribution is 5.94. The lowest BCUT2D eigenvalue weighted by molar-refractivity contribution is -0.117. The maximum absolute atomic E-state index is 12.6. The summed E-state index contributed by atoms with van der Waals surface area (Å²) in [5.41, 5.74) is 3.91. The van der Waals surface area contributed by atoms with Crippen LogP contribution < -0.4 is 10.1 Å². The van der Waals surface area contributed by atoms with Crippen molar-refractivity contribution in [2.45, 2.75) is 6.10 Å². The molecule has 204 valence electrons. The Kier molecular flexibility index (Phi) is 7.67. The van der Waals surface area contributed by atoms with Crippen molar-refractivity contribution in [3.05, 3.63) is 85.1 Å². The number of anilines is 1. The number of carbonyl (C=O) groups excluding carboxylic acids is 1. The Balaban J connectivity index is 0.937. The van der Waals surface area contributed by atoms with E-state index in [4.69, 9.17) is 9.15 Å². The highest BCUT2D eigenvalue weighted by atomic mass is 16.5. The molecule has 9 nitrogen and oxygen atoms in total. The lowest BCUT2D eigenvalue weighted by Gasteiger charge is -2.35. The zero-order valence-electron chi connectivity index (χ0n) is 22.1. The van der Waals surface area contributed by atoms with E-state index in [1.54, 1.807) is 6.20 Å². The first-order valence-electron chi connectivity index (χ1n) is 13.5. The van der Waals surface area contributed by atoms with E-state index in [1.165, 1.54) is 0 Å². The molecular formula is C31H31N5O4. The molecule has 40 heavy (non-hydrogen) atoms. The van der Waals surface area contributed by atoms with Gasteiger partial charge in [-0.25, -0.2) is 4.98 Å². The molecule has 3 heterocycles. The minimum absolute atomic E-state index is 0.0565. The number of fused-ring (bicyclic) bond motifs is 2. The van der Waals surface area contributed by atoms with Crippen LogP contribution in [0.4, 0.5) is 5.69 Å².